The zero-order valence-corrected chi connectivity index (χ0v) is 16.6. The summed E-state index contributed by atoms with van der Waals surface area (Å²) in [6.07, 6.45) is 0.837. The lowest BCUT2D eigenvalue weighted by atomic mass is 10.1. The second-order valence-corrected chi connectivity index (χ2v) is 7.15. The number of rotatable bonds is 7. The van der Waals surface area contributed by atoms with E-state index in [0.29, 0.717) is 30.2 Å². The lowest BCUT2D eigenvalue weighted by Crippen LogP contribution is -2.37. The maximum atomic E-state index is 12.5. The number of nitrogens with one attached hydrogen (secondary N) is 2. The number of ether oxygens (including phenoxy) is 2. The summed E-state index contributed by atoms with van der Waals surface area (Å²) in [5, 5.41) is 10.2. The first-order valence-corrected chi connectivity index (χ1v) is 9.27. The molecule has 0 spiro atoms. The van der Waals surface area contributed by atoms with Crippen LogP contribution in [0.25, 0.3) is 0 Å². The topological polar surface area (TPSA) is 94.5 Å². The van der Waals surface area contributed by atoms with Crippen LogP contribution in [0.15, 0.2) is 24.3 Å². The summed E-state index contributed by atoms with van der Waals surface area (Å²) in [5.41, 5.74) is 2.12. The number of carbonyl (C=O) groups excluding carboxylic acids is 2. The van der Waals surface area contributed by atoms with E-state index < -0.39 is 0 Å². The van der Waals surface area contributed by atoms with Gasteiger partial charge in [0.2, 0.25) is 5.91 Å². The van der Waals surface area contributed by atoms with Crippen LogP contribution >= 0.6 is 0 Å². The predicted octanol–water partition coefficient (Wildman–Crippen LogP) is 1.32. The highest BCUT2D eigenvalue weighted by molar-refractivity contribution is 5.92. The van der Waals surface area contributed by atoms with E-state index in [1.54, 1.807) is 43.2 Å². The Morgan fingerprint density at radius 3 is 2.68 bits per heavy atom. The van der Waals surface area contributed by atoms with E-state index in [9.17, 15) is 9.59 Å². The number of methoxy groups -OCH3 is 2. The molecule has 1 aromatic heterocycles. The Hall–Kier alpha value is -3.03. The monoisotopic (exact) mass is 386 g/mol. The fourth-order valence-electron chi connectivity index (χ4n) is 3.32. The summed E-state index contributed by atoms with van der Waals surface area (Å²) in [7, 11) is 3.16. The SMILES string of the molecule is COc1ccc(OC)c(CC(=O)N[C@H]2Cc3cc(C(=O)NC(C)C)nn3C2)c1. The maximum Gasteiger partial charge on any atom is 0.271 e. The summed E-state index contributed by atoms with van der Waals surface area (Å²) in [4.78, 5) is 24.6. The minimum Gasteiger partial charge on any atom is -0.497 e. The predicted molar refractivity (Wildman–Crippen MR) is 104 cm³/mol. The van der Waals surface area contributed by atoms with Crippen LogP contribution in [0.1, 0.15) is 35.6 Å². The highest BCUT2D eigenvalue weighted by Gasteiger charge is 2.26. The van der Waals surface area contributed by atoms with E-state index in [2.05, 4.69) is 15.7 Å². The van der Waals surface area contributed by atoms with Gasteiger partial charge in [0.1, 0.15) is 17.2 Å². The third-order valence-electron chi connectivity index (χ3n) is 4.57. The van der Waals surface area contributed by atoms with Crippen molar-refractivity contribution in [2.75, 3.05) is 14.2 Å². The van der Waals surface area contributed by atoms with Gasteiger partial charge in [-0.2, -0.15) is 5.10 Å². The van der Waals surface area contributed by atoms with Crippen LogP contribution < -0.4 is 20.1 Å². The fourth-order valence-corrected chi connectivity index (χ4v) is 3.32. The molecule has 28 heavy (non-hydrogen) atoms. The lowest BCUT2D eigenvalue weighted by Gasteiger charge is -2.14. The van der Waals surface area contributed by atoms with E-state index >= 15 is 0 Å². The van der Waals surface area contributed by atoms with Crippen molar-refractivity contribution in [1.82, 2.24) is 20.4 Å². The molecule has 2 aromatic rings. The number of fused-ring (bicyclic) bond motifs is 1. The van der Waals surface area contributed by atoms with E-state index in [1.807, 2.05) is 13.8 Å². The average molecular weight is 386 g/mol. The molecule has 2 N–H and O–H groups in total. The average Bonchev–Trinajstić information content (AvgIpc) is 3.19. The van der Waals surface area contributed by atoms with Gasteiger partial charge in [0.05, 0.1) is 33.2 Å². The molecule has 0 radical (unpaired) electrons. The number of hydrogen-bond acceptors (Lipinski definition) is 5. The van der Waals surface area contributed by atoms with Gasteiger partial charge in [-0.05, 0) is 38.1 Å². The Bertz CT molecular complexity index is 852. The van der Waals surface area contributed by atoms with Gasteiger partial charge in [-0.1, -0.05) is 0 Å². The Balaban J connectivity index is 1.59. The fraction of sp³-hybridized carbons (Fsp3) is 0.450. The number of aromatic nitrogens is 2. The minimum absolute atomic E-state index is 0.0474. The molecule has 0 bridgehead atoms. The van der Waals surface area contributed by atoms with Gasteiger partial charge < -0.3 is 20.1 Å². The molecule has 2 heterocycles. The third-order valence-corrected chi connectivity index (χ3v) is 4.57. The molecule has 0 aliphatic carbocycles. The second kappa shape index (κ2) is 8.33. The van der Waals surface area contributed by atoms with Gasteiger partial charge in [0.25, 0.3) is 5.91 Å². The number of hydrogen-bond donors (Lipinski definition) is 2. The molecular weight excluding hydrogens is 360 g/mol. The molecule has 1 atom stereocenters. The van der Waals surface area contributed by atoms with E-state index in [4.69, 9.17) is 9.47 Å². The van der Waals surface area contributed by atoms with Crippen molar-refractivity contribution in [3.05, 3.63) is 41.2 Å². The van der Waals surface area contributed by atoms with Crippen molar-refractivity contribution < 1.29 is 19.1 Å². The second-order valence-electron chi connectivity index (χ2n) is 7.15. The zero-order chi connectivity index (χ0) is 20.3. The first-order chi connectivity index (χ1) is 13.4. The van der Waals surface area contributed by atoms with Gasteiger partial charge in [0.15, 0.2) is 0 Å². The van der Waals surface area contributed by atoms with Crippen molar-refractivity contribution >= 4 is 11.8 Å². The maximum absolute atomic E-state index is 12.5. The van der Waals surface area contributed by atoms with Crippen LogP contribution in [0, 0.1) is 0 Å². The van der Waals surface area contributed by atoms with Crippen LogP contribution in [0.3, 0.4) is 0 Å². The Labute approximate surface area is 164 Å². The summed E-state index contributed by atoms with van der Waals surface area (Å²) in [5.74, 6) is 1.05. The highest BCUT2D eigenvalue weighted by atomic mass is 16.5. The largest absolute Gasteiger partial charge is 0.497 e. The van der Waals surface area contributed by atoms with E-state index in [-0.39, 0.29) is 30.3 Å². The standard InChI is InChI=1S/C20H26N4O4/c1-12(2)21-20(26)17-10-15-9-14(11-24(15)23-17)22-19(25)8-13-7-16(27-3)5-6-18(13)28-4/h5-7,10,12,14H,8-9,11H2,1-4H3,(H,21,26)(H,22,25)/t14-/m0/s1. The Morgan fingerprint density at radius 2 is 2.04 bits per heavy atom. The molecule has 3 rings (SSSR count). The van der Waals surface area contributed by atoms with Crippen LogP contribution in [0.2, 0.25) is 0 Å². The zero-order valence-electron chi connectivity index (χ0n) is 16.6. The smallest absolute Gasteiger partial charge is 0.271 e. The van der Waals surface area contributed by atoms with Crippen LogP contribution in [0.5, 0.6) is 11.5 Å². The molecule has 8 nitrogen and oxygen atoms in total. The molecule has 0 fully saturated rings. The van der Waals surface area contributed by atoms with E-state index in [1.165, 1.54) is 0 Å². The normalized spacial score (nSPS) is 15.2. The summed E-state index contributed by atoms with van der Waals surface area (Å²) < 4.78 is 12.3. The Kier molecular flexibility index (Phi) is 5.87. The number of carbonyl (C=O) groups is 2. The Morgan fingerprint density at radius 1 is 1.25 bits per heavy atom. The summed E-state index contributed by atoms with van der Waals surface area (Å²) >= 11 is 0. The van der Waals surface area contributed by atoms with Crippen LogP contribution in [-0.2, 0) is 24.2 Å². The van der Waals surface area contributed by atoms with Crippen molar-refractivity contribution in [3.63, 3.8) is 0 Å². The lowest BCUT2D eigenvalue weighted by molar-refractivity contribution is -0.121. The van der Waals surface area contributed by atoms with Crippen molar-refractivity contribution in [1.29, 1.82) is 0 Å². The third kappa shape index (κ3) is 4.44. The molecule has 1 aliphatic heterocycles. The molecule has 8 heteroatoms. The van der Waals surface area contributed by atoms with Gasteiger partial charge in [-0.15, -0.1) is 0 Å². The van der Waals surface area contributed by atoms with Gasteiger partial charge >= 0.3 is 0 Å². The van der Waals surface area contributed by atoms with Gasteiger partial charge in [-0.3, -0.25) is 14.3 Å². The summed E-state index contributed by atoms with van der Waals surface area (Å²) in [6, 6.07) is 7.19. The molecule has 0 saturated heterocycles. The van der Waals surface area contributed by atoms with Crippen molar-refractivity contribution in [3.8, 4) is 11.5 Å². The molecule has 1 aliphatic rings. The number of benzene rings is 1. The van der Waals surface area contributed by atoms with Crippen LogP contribution in [0.4, 0.5) is 0 Å². The minimum atomic E-state index is -0.178. The first-order valence-electron chi connectivity index (χ1n) is 9.27. The van der Waals surface area contributed by atoms with Crippen molar-refractivity contribution in [2.24, 2.45) is 0 Å². The summed E-state index contributed by atoms with van der Waals surface area (Å²) in [6.45, 7) is 4.36. The van der Waals surface area contributed by atoms with Gasteiger partial charge in [0, 0.05) is 23.7 Å². The first kappa shape index (κ1) is 19.7. The number of nitrogens with zero attached hydrogens (tertiary/aromatic N) is 2. The molecule has 2 amide bonds. The van der Waals surface area contributed by atoms with Gasteiger partial charge in [-0.25, -0.2) is 0 Å². The van der Waals surface area contributed by atoms with E-state index in [0.717, 1.165) is 11.3 Å². The molecule has 150 valence electrons. The molecule has 1 aromatic carbocycles. The quantitative estimate of drug-likeness (QED) is 0.749. The van der Waals surface area contributed by atoms with Crippen LogP contribution in [-0.4, -0.2) is 47.9 Å². The molecule has 0 unspecified atom stereocenters. The molecule has 0 saturated carbocycles. The number of amides is 2. The molecular formula is C20H26N4O4. The highest BCUT2D eigenvalue weighted by Crippen LogP contribution is 2.24. The van der Waals surface area contributed by atoms with Crippen molar-refractivity contribution in [2.45, 2.75) is 45.3 Å².